The molecule has 1 N–H and O–H groups in total. The van der Waals surface area contributed by atoms with Crippen molar-refractivity contribution in [2.24, 2.45) is 11.3 Å². The van der Waals surface area contributed by atoms with E-state index in [1.54, 1.807) is 12.3 Å². The second-order valence-electron chi connectivity index (χ2n) is 10.7. The van der Waals surface area contributed by atoms with Crippen molar-refractivity contribution in [2.75, 3.05) is 7.11 Å². The summed E-state index contributed by atoms with van der Waals surface area (Å²) < 4.78 is 26.2. The molecule has 0 bridgehead atoms. The third kappa shape index (κ3) is 5.54. The average Bonchev–Trinajstić information content (AvgIpc) is 3.68. The maximum absolute atomic E-state index is 14.9. The van der Waals surface area contributed by atoms with E-state index in [1.165, 1.54) is 7.11 Å². The summed E-state index contributed by atoms with van der Waals surface area (Å²) in [4.78, 5) is 24.9. The zero-order chi connectivity index (χ0) is 26.9. The van der Waals surface area contributed by atoms with E-state index >= 15 is 0 Å². The third-order valence-corrected chi connectivity index (χ3v) is 7.48. The number of aliphatic carboxylic acids is 1. The van der Waals surface area contributed by atoms with Gasteiger partial charge >= 0.3 is 5.97 Å². The molecule has 0 saturated heterocycles. The zero-order valence-corrected chi connectivity index (χ0v) is 21.9. The van der Waals surface area contributed by atoms with Crippen molar-refractivity contribution in [2.45, 2.75) is 58.5 Å². The molecule has 7 nitrogen and oxygen atoms in total. The predicted molar refractivity (Wildman–Crippen MR) is 141 cm³/mol. The van der Waals surface area contributed by atoms with Crippen LogP contribution in [-0.4, -0.2) is 33.1 Å². The summed E-state index contributed by atoms with van der Waals surface area (Å²) >= 11 is 0. The first kappa shape index (κ1) is 25.8. The molecule has 1 saturated carbocycles. The van der Waals surface area contributed by atoms with Crippen LogP contribution in [0.15, 0.2) is 48.8 Å². The number of carbonyl (C=O) groups is 1. The fourth-order valence-corrected chi connectivity index (χ4v) is 5.23. The lowest BCUT2D eigenvalue weighted by Gasteiger charge is -2.24. The van der Waals surface area contributed by atoms with Crippen LogP contribution >= 0.6 is 0 Å². The van der Waals surface area contributed by atoms with Gasteiger partial charge in [0.15, 0.2) is 5.82 Å². The number of hydrogen-bond donors (Lipinski definition) is 1. The molecule has 2 aliphatic carbocycles. The van der Waals surface area contributed by atoms with E-state index < -0.39 is 11.8 Å². The molecule has 1 aromatic carbocycles. The summed E-state index contributed by atoms with van der Waals surface area (Å²) in [5.74, 6) is 0.0709. The molecule has 8 heteroatoms. The number of benzene rings is 1. The van der Waals surface area contributed by atoms with Crippen LogP contribution in [0, 0.1) is 17.2 Å². The van der Waals surface area contributed by atoms with Gasteiger partial charge in [-0.1, -0.05) is 32.1 Å². The quantitative estimate of drug-likeness (QED) is 0.331. The first-order valence-corrected chi connectivity index (χ1v) is 13.0. The van der Waals surface area contributed by atoms with Gasteiger partial charge in [0.2, 0.25) is 5.88 Å². The van der Waals surface area contributed by atoms with E-state index in [0.717, 1.165) is 43.0 Å². The van der Waals surface area contributed by atoms with Crippen molar-refractivity contribution in [3.05, 3.63) is 71.6 Å². The molecule has 0 amide bonds. The Morgan fingerprint density at radius 1 is 1.18 bits per heavy atom. The predicted octanol–water partition coefficient (Wildman–Crippen LogP) is 6.44. The van der Waals surface area contributed by atoms with E-state index in [0.29, 0.717) is 34.6 Å². The Labute approximate surface area is 221 Å². The van der Waals surface area contributed by atoms with Gasteiger partial charge in [0.05, 0.1) is 43.0 Å². The van der Waals surface area contributed by atoms with Gasteiger partial charge in [-0.15, -0.1) is 0 Å². The summed E-state index contributed by atoms with van der Waals surface area (Å²) in [6.45, 7) is 4.48. The van der Waals surface area contributed by atoms with Gasteiger partial charge in [0.1, 0.15) is 12.4 Å². The second kappa shape index (κ2) is 10.5. The lowest BCUT2D eigenvalue weighted by Crippen LogP contribution is -2.13. The van der Waals surface area contributed by atoms with Crippen LogP contribution in [0.25, 0.3) is 16.8 Å². The third-order valence-electron chi connectivity index (χ3n) is 7.48. The first-order valence-electron chi connectivity index (χ1n) is 13.0. The van der Waals surface area contributed by atoms with Crippen LogP contribution < -0.4 is 9.47 Å². The number of methoxy groups -OCH3 is 1. The minimum absolute atomic E-state index is 0.00878. The Kier molecular flexibility index (Phi) is 7.15. The number of rotatable bonds is 10. The smallest absolute Gasteiger partial charge is 0.303 e. The highest BCUT2D eigenvalue weighted by molar-refractivity contribution is 5.80. The van der Waals surface area contributed by atoms with Crippen LogP contribution in [0.1, 0.15) is 68.8 Å². The summed E-state index contributed by atoms with van der Waals surface area (Å²) in [5.41, 5.74) is 3.85. The van der Waals surface area contributed by atoms with E-state index in [1.807, 2.05) is 24.3 Å². The fourth-order valence-electron chi connectivity index (χ4n) is 5.23. The van der Waals surface area contributed by atoms with Crippen molar-refractivity contribution < 1.29 is 23.8 Å². The Balaban J connectivity index is 1.44. The molecule has 198 valence electrons. The van der Waals surface area contributed by atoms with Crippen LogP contribution in [0.2, 0.25) is 0 Å². The van der Waals surface area contributed by atoms with Gasteiger partial charge in [-0.2, -0.15) is 0 Å². The average molecular weight is 518 g/mol. The zero-order valence-electron chi connectivity index (χ0n) is 21.9. The number of carboxylic acids is 1. The summed E-state index contributed by atoms with van der Waals surface area (Å²) in [5, 5.41) is 9.36. The molecule has 5 rings (SSSR count). The van der Waals surface area contributed by atoms with Crippen molar-refractivity contribution in [3.8, 4) is 22.9 Å². The highest BCUT2D eigenvalue weighted by Gasteiger charge is 2.34. The van der Waals surface area contributed by atoms with Crippen molar-refractivity contribution >= 4 is 11.5 Å². The van der Waals surface area contributed by atoms with Gasteiger partial charge in [0.25, 0.3) is 0 Å². The topological polar surface area (TPSA) is 94.4 Å². The fraction of sp³-hybridized carbons (Fsp3) is 0.400. The molecule has 1 atom stereocenters. The molecule has 2 aliphatic rings. The van der Waals surface area contributed by atoms with Gasteiger partial charge in [-0.3, -0.25) is 9.78 Å². The molecular weight excluding hydrogens is 485 g/mol. The highest BCUT2D eigenvalue weighted by Crippen LogP contribution is 2.46. The molecule has 0 radical (unpaired) electrons. The SMILES string of the molecule is COc1cc(-c2ncc(COc3cccc(C(CC(=O)O)C4CC4)c3)nc2C2=CCCC2(C)C)c(F)cn1. The number of ether oxygens (including phenoxy) is 2. The molecule has 3 aromatic rings. The Morgan fingerprint density at radius 2 is 2.00 bits per heavy atom. The Bertz CT molecular complexity index is 1380. The summed E-state index contributed by atoms with van der Waals surface area (Å²) in [6.07, 6.45) is 9.01. The summed E-state index contributed by atoms with van der Waals surface area (Å²) in [6, 6.07) is 9.19. The number of pyridine rings is 1. The molecule has 0 spiro atoms. The summed E-state index contributed by atoms with van der Waals surface area (Å²) in [7, 11) is 1.49. The molecular formula is C30H32FN3O4. The van der Waals surface area contributed by atoms with Crippen molar-refractivity contribution in [3.63, 3.8) is 0 Å². The van der Waals surface area contributed by atoms with E-state index in [2.05, 4.69) is 29.9 Å². The van der Waals surface area contributed by atoms with E-state index in [4.69, 9.17) is 14.5 Å². The van der Waals surface area contributed by atoms with Gasteiger partial charge in [-0.25, -0.2) is 14.4 Å². The molecule has 38 heavy (non-hydrogen) atoms. The normalized spacial score (nSPS) is 17.1. The van der Waals surface area contributed by atoms with Gasteiger partial charge < -0.3 is 14.6 Å². The minimum atomic E-state index is -0.788. The maximum Gasteiger partial charge on any atom is 0.303 e. The van der Waals surface area contributed by atoms with Gasteiger partial charge in [0, 0.05) is 11.6 Å². The van der Waals surface area contributed by atoms with E-state index in [-0.39, 0.29) is 29.9 Å². The largest absolute Gasteiger partial charge is 0.487 e. The Morgan fingerprint density at radius 3 is 2.68 bits per heavy atom. The van der Waals surface area contributed by atoms with Gasteiger partial charge in [-0.05, 0) is 66.2 Å². The monoisotopic (exact) mass is 517 g/mol. The van der Waals surface area contributed by atoms with Crippen molar-refractivity contribution in [1.29, 1.82) is 0 Å². The molecule has 2 heterocycles. The number of allylic oxidation sites excluding steroid dienone is 2. The second-order valence-corrected chi connectivity index (χ2v) is 10.7. The molecule has 2 aromatic heterocycles. The number of aromatic nitrogens is 3. The van der Waals surface area contributed by atoms with Crippen LogP contribution in [0.4, 0.5) is 4.39 Å². The van der Waals surface area contributed by atoms with Crippen molar-refractivity contribution in [1.82, 2.24) is 15.0 Å². The van der Waals surface area contributed by atoms with E-state index in [9.17, 15) is 14.3 Å². The molecule has 1 fully saturated rings. The highest BCUT2D eigenvalue weighted by atomic mass is 19.1. The van der Waals surface area contributed by atoms with Crippen LogP contribution in [-0.2, 0) is 11.4 Å². The number of hydrogen-bond acceptors (Lipinski definition) is 6. The Hall–Kier alpha value is -3.81. The molecule has 1 unspecified atom stereocenters. The molecule has 0 aliphatic heterocycles. The number of carboxylic acid groups (broad SMARTS) is 1. The maximum atomic E-state index is 14.9. The lowest BCUT2D eigenvalue weighted by molar-refractivity contribution is -0.137. The standard InChI is InChI=1S/C30H32FN3O4/c1-30(2)11-5-8-24(30)29-28(23-13-26(37-3)32-16-25(23)31)33-15-20(34-29)17-38-21-7-4-6-19(12-21)22(14-27(35)36)18-9-10-18/h4,6-8,12-13,15-16,18,22H,5,9-11,14,17H2,1-3H3,(H,35,36). The van der Waals surface area contributed by atoms with Crippen LogP contribution in [0.3, 0.4) is 0 Å². The first-order chi connectivity index (χ1) is 18.2. The minimum Gasteiger partial charge on any atom is -0.487 e. The van der Waals surface area contributed by atoms with Crippen LogP contribution in [0.5, 0.6) is 11.6 Å². The number of nitrogens with zero attached hydrogens (tertiary/aromatic N) is 3. The lowest BCUT2D eigenvalue weighted by atomic mass is 9.83. The number of halogens is 1.